The average Bonchev–Trinajstić information content (AvgIpc) is 2.53. The summed E-state index contributed by atoms with van der Waals surface area (Å²) >= 11 is 0. The number of amides is 1. The van der Waals surface area contributed by atoms with Crippen LogP contribution in [0.25, 0.3) is 0 Å². The Kier molecular flexibility index (Phi) is 5.97. The Bertz CT molecular complexity index is 548. The third-order valence-corrected chi connectivity index (χ3v) is 4.26. The molecule has 1 aromatic carbocycles. The van der Waals surface area contributed by atoms with Crippen LogP contribution in [0.5, 0.6) is 0 Å². The minimum absolute atomic E-state index is 0.0210. The van der Waals surface area contributed by atoms with Crippen molar-refractivity contribution in [3.8, 4) is 6.07 Å². The molecular formula is C18H25N3O. The van der Waals surface area contributed by atoms with Crippen LogP contribution in [-0.2, 0) is 4.79 Å². The lowest BCUT2D eigenvalue weighted by Crippen LogP contribution is -2.41. The van der Waals surface area contributed by atoms with Crippen LogP contribution in [0.2, 0.25) is 0 Å². The van der Waals surface area contributed by atoms with Gasteiger partial charge >= 0.3 is 0 Å². The van der Waals surface area contributed by atoms with E-state index in [-0.39, 0.29) is 11.8 Å². The normalized spacial score (nSPS) is 18.9. The quantitative estimate of drug-likeness (QED) is 0.907. The number of likely N-dealkylation sites (tertiary alicyclic amines) is 1. The van der Waals surface area contributed by atoms with E-state index >= 15 is 0 Å². The number of benzene rings is 1. The van der Waals surface area contributed by atoms with Crippen LogP contribution in [0.1, 0.15) is 44.6 Å². The van der Waals surface area contributed by atoms with Gasteiger partial charge in [0, 0.05) is 25.2 Å². The van der Waals surface area contributed by atoms with Gasteiger partial charge < -0.3 is 10.2 Å². The molecule has 4 heteroatoms. The molecule has 0 spiro atoms. The molecule has 2 rings (SSSR count). The number of hydrogen-bond acceptors (Lipinski definition) is 3. The number of nitriles is 1. The molecule has 1 N–H and O–H groups in total. The Morgan fingerprint density at radius 1 is 1.45 bits per heavy atom. The Morgan fingerprint density at radius 2 is 2.23 bits per heavy atom. The first-order valence-electron chi connectivity index (χ1n) is 8.11. The topological polar surface area (TPSA) is 56.1 Å². The highest BCUT2D eigenvalue weighted by Gasteiger charge is 2.26. The molecular weight excluding hydrogens is 274 g/mol. The Labute approximate surface area is 133 Å². The second-order valence-corrected chi connectivity index (χ2v) is 6.28. The van der Waals surface area contributed by atoms with Gasteiger partial charge in [0.1, 0.15) is 0 Å². The summed E-state index contributed by atoms with van der Waals surface area (Å²) < 4.78 is 0. The van der Waals surface area contributed by atoms with Gasteiger partial charge in [-0.05, 0) is 36.9 Å². The summed E-state index contributed by atoms with van der Waals surface area (Å²) in [6, 6.07) is 10.2. The zero-order valence-corrected chi connectivity index (χ0v) is 13.5. The molecule has 118 valence electrons. The second kappa shape index (κ2) is 7.95. The number of para-hydroxylation sites is 1. The molecule has 1 unspecified atom stereocenters. The van der Waals surface area contributed by atoms with E-state index in [1.165, 1.54) is 5.56 Å². The molecule has 4 nitrogen and oxygen atoms in total. The minimum atomic E-state index is 0.0210. The number of hydrogen-bond donors (Lipinski definition) is 1. The second-order valence-electron chi connectivity index (χ2n) is 6.28. The number of anilines is 1. The number of carbonyl (C=O) groups is 1. The first-order valence-corrected chi connectivity index (χ1v) is 8.11. The number of piperidine rings is 1. The summed E-state index contributed by atoms with van der Waals surface area (Å²) in [6.45, 7) is 6.79. The average molecular weight is 299 g/mol. The predicted octanol–water partition coefficient (Wildman–Crippen LogP) is 3.37. The molecule has 1 amide bonds. The van der Waals surface area contributed by atoms with E-state index in [4.69, 9.17) is 5.26 Å². The van der Waals surface area contributed by atoms with Crippen LogP contribution < -0.4 is 5.32 Å². The van der Waals surface area contributed by atoms with E-state index in [0.717, 1.165) is 38.2 Å². The molecule has 0 radical (unpaired) electrons. The van der Waals surface area contributed by atoms with Crippen LogP contribution in [0.4, 0.5) is 5.69 Å². The number of carbonyl (C=O) groups excluding carboxylic acids is 1. The van der Waals surface area contributed by atoms with E-state index in [1.54, 1.807) is 0 Å². The van der Waals surface area contributed by atoms with Gasteiger partial charge in [-0.3, -0.25) is 4.79 Å². The SMILES string of the molecule is CC(C)c1ccccc1NC(=O)C1CCCN(CCC#N)C1. The monoisotopic (exact) mass is 299 g/mol. The number of nitrogens with zero attached hydrogens (tertiary/aromatic N) is 2. The molecule has 22 heavy (non-hydrogen) atoms. The lowest BCUT2D eigenvalue weighted by atomic mass is 9.96. The summed E-state index contributed by atoms with van der Waals surface area (Å²) in [7, 11) is 0. The third kappa shape index (κ3) is 4.32. The van der Waals surface area contributed by atoms with E-state index in [2.05, 4.69) is 36.2 Å². The molecule has 0 aromatic heterocycles. The maximum absolute atomic E-state index is 12.6. The van der Waals surface area contributed by atoms with Crippen LogP contribution in [0.3, 0.4) is 0 Å². The molecule has 1 aromatic rings. The first-order chi connectivity index (χ1) is 10.6. The molecule has 1 fully saturated rings. The third-order valence-electron chi connectivity index (χ3n) is 4.26. The van der Waals surface area contributed by atoms with Crippen LogP contribution in [0.15, 0.2) is 24.3 Å². The van der Waals surface area contributed by atoms with E-state index < -0.39 is 0 Å². The molecule has 1 aliphatic heterocycles. The summed E-state index contributed by atoms with van der Waals surface area (Å²) in [6.07, 6.45) is 2.48. The highest BCUT2D eigenvalue weighted by atomic mass is 16.1. The van der Waals surface area contributed by atoms with Crippen molar-refractivity contribution in [2.45, 2.75) is 39.0 Å². The fourth-order valence-corrected chi connectivity index (χ4v) is 3.03. The standard InChI is InChI=1S/C18H25N3O/c1-14(2)16-8-3-4-9-17(16)20-18(22)15-7-5-11-21(13-15)12-6-10-19/h3-4,8-9,14-15H,5-7,11-13H2,1-2H3,(H,20,22). The summed E-state index contributed by atoms with van der Waals surface area (Å²) in [5, 5.41) is 11.8. The van der Waals surface area contributed by atoms with Gasteiger partial charge in [-0.15, -0.1) is 0 Å². The highest BCUT2D eigenvalue weighted by molar-refractivity contribution is 5.93. The molecule has 1 atom stereocenters. The molecule has 1 saturated heterocycles. The first kappa shape index (κ1) is 16.5. The van der Waals surface area contributed by atoms with E-state index in [9.17, 15) is 4.79 Å². The van der Waals surface area contributed by atoms with Crippen LogP contribution in [-0.4, -0.2) is 30.4 Å². The summed E-state index contributed by atoms with van der Waals surface area (Å²) in [4.78, 5) is 14.8. The maximum Gasteiger partial charge on any atom is 0.228 e. The van der Waals surface area contributed by atoms with Crippen molar-refractivity contribution >= 4 is 11.6 Å². The molecule has 0 saturated carbocycles. The minimum Gasteiger partial charge on any atom is -0.326 e. The van der Waals surface area contributed by atoms with Gasteiger partial charge in [0.25, 0.3) is 0 Å². The zero-order valence-electron chi connectivity index (χ0n) is 13.5. The van der Waals surface area contributed by atoms with Crippen molar-refractivity contribution in [2.75, 3.05) is 25.0 Å². The van der Waals surface area contributed by atoms with E-state index in [0.29, 0.717) is 12.3 Å². The Morgan fingerprint density at radius 3 is 2.95 bits per heavy atom. The molecule has 1 aliphatic rings. The maximum atomic E-state index is 12.6. The lowest BCUT2D eigenvalue weighted by Gasteiger charge is -2.31. The Hall–Kier alpha value is -1.86. The Balaban J connectivity index is 1.99. The van der Waals surface area contributed by atoms with Gasteiger partial charge in [0.2, 0.25) is 5.91 Å². The van der Waals surface area contributed by atoms with Gasteiger partial charge in [0.05, 0.1) is 12.0 Å². The molecule has 0 bridgehead atoms. The van der Waals surface area contributed by atoms with Gasteiger partial charge in [0.15, 0.2) is 0 Å². The fourth-order valence-electron chi connectivity index (χ4n) is 3.03. The van der Waals surface area contributed by atoms with Crippen molar-refractivity contribution < 1.29 is 4.79 Å². The summed E-state index contributed by atoms with van der Waals surface area (Å²) in [5.41, 5.74) is 2.10. The highest BCUT2D eigenvalue weighted by Crippen LogP contribution is 2.25. The molecule has 0 aliphatic carbocycles. The van der Waals surface area contributed by atoms with Gasteiger partial charge in [-0.2, -0.15) is 5.26 Å². The van der Waals surface area contributed by atoms with Crippen molar-refractivity contribution in [1.82, 2.24) is 4.90 Å². The number of nitrogens with one attached hydrogen (secondary N) is 1. The summed E-state index contributed by atoms with van der Waals surface area (Å²) in [5.74, 6) is 0.511. The van der Waals surface area contributed by atoms with Crippen molar-refractivity contribution in [3.05, 3.63) is 29.8 Å². The van der Waals surface area contributed by atoms with Crippen molar-refractivity contribution in [1.29, 1.82) is 5.26 Å². The van der Waals surface area contributed by atoms with Crippen LogP contribution >= 0.6 is 0 Å². The number of rotatable bonds is 5. The predicted molar refractivity (Wildman–Crippen MR) is 88.6 cm³/mol. The van der Waals surface area contributed by atoms with E-state index in [1.807, 2.05) is 18.2 Å². The zero-order chi connectivity index (χ0) is 15.9. The van der Waals surface area contributed by atoms with Crippen LogP contribution in [0, 0.1) is 17.2 Å². The van der Waals surface area contributed by atoms with Crippen molar-refractivity contribution in [3.63, 3.8) is 0 Å². The van der Waals surface area contributed by atoms with Gasteiger partial charge in [-0.25, -0.2) is 0 Å². The van der Waals surface area contributed by atoms with Gasteiger partial charge in [-0.1, -0.05) is 32.0 Å². The van der Waals surface area contributed by atoms with Crippen molar-refractivity contribution in [2.24, 2.45) is 5.92 Å². The largest absolute Gasteiger partial charge is 0.326 e. The smallest absolute Gasteiger partial charge is 0.228 e. The lowest BCUT2D eigenvalue weighted by molar-refractivity contribution is -0.121. The fraction of sp³-hybridized carbons (Fsp3) is 0.556. The molecule has 1 heterocycles.